The zero-order valence-electron chi connectivity index (χ0n) is 11.5. The lowest BCUT2D eigenvalue weighted by Crippen LogP contribution is -2.24. The summed E-state index contributed by atoms with van der Waals surface area (Å²) in [6.45, 7) is 4.85. The molecule has 2 rings (SSSR count). The minimum absolute atomic E-state index is 0.00176. The van der Waals surface area contributed by atoms with Crippen molar-refractivity contribution < 1.29 is 4.79 Å². The van der Waals surface area contributed by atoms with E-state index in [4.69, 9.17) is 11.6 Å². The molecule has 1 heterocycles. The predicted octanol–water partition coefficient (Wildman–Crippen LogP) is 4.05. The van der Waals surface area contributed by atoms with Crippen LogP contribution in [-0.2, 0) is 4.79 Å². The minimum Gasteiger partial charge on any atom is -0.388 e. The highest BCUT2D eigenvalue weighted by Crippen LogP contribution is 2.27. The Hall–Kier alpha value is -1.28. The van der Waals surface area contributed by atoms with Gasteiger partial charge in [0.25, 0.3) is 0 Å². The first kappa shape index (κ1) is 14.1. The Balaban J connectivity index is 2.44. The van der Waals surface area contributed by atoms with Gasteiger partial charge in [-0.05, 0) is 37.0 Å². The van der Waals surface area contributed by atoms with Gasteiger partial charge in [-0.25, -0.2) is 0 Å². The highest BCUT2D eigenvalue weighted by atomic mass is 35.5. The van der Waals surface area contributed by atoms with Crippen molar-refractivity contribution in [2.24, 2.45) is 5.92 Å². The molecule has 1 aromatic carbocycles. The van der Waals surface area contributed by atoms with Crippen LogP contribution in [-0.4, -0.2) is 12.3 Å². The summed E-state index contributed by atoms with van der Waals surface area (Å²) in [6.07, 6.45) is 3.27. The van der Waals surface area contributed by atoms with E-state index in [-0.39, 0.29) is 11.7 Å². The van der Waals surface area contributed by atoms with E-state index < -0.39 is 0 Å². The number of hydrogen-bond donors (Lipinski definition) is 1. The number of rotatable bonds is 3. The Kier molecular flexibility index (Phi) is 4.65. The summed E-state index contributed by atoms with van der Waals surface area (Å²) in [6, 6.07) is 7.55. The van der Waals surface area contributed by atoms with Crippen LogP contribution in [0.4, 0.5) is 0 Å². The molecule has 0 radical (unpaired) electrons. The zero-order valence-corrected chi connectivity index (χ0v) is 12.3. The van der Waals surface area contributed by atoms with Gasteiger partial charge < -0.3 is 5.32 Å². The first-order chi connectivity index (χ1) is 9.09. The molecule has 0 saturated carbocycles. The van der Waals surface area contributed by atoms with Gasteiger partial charge in [-0.15, -0.1) is 0 Å². The first-order valence-corrected chi connectivity index (χ1v) is 7.24. The summed E-state index contributed by atoms with van der Waals surface area (Å²) in [4.78, 5) is 12.5. The normalized spacial score (nSPS) is 18.1. The second-order valence-electron chi connectivity index (χ2n) is 5.26. The molecular weight excluding hydrogens is 258 g/mol. The van der Waals surface area contributed by atoms with Crippen LogP contribution in [0.15, 0.2) is 30.0 Å². The van der Waals surface area contributed by atoms with E-state index in [0.29, 0.717) is 5.02 Å². The number of nitrogens with one attached hydrogen (secondary N) is 1. The smallest absolute Gasteiger partial charge is 0.167 e. The minimum atomic E-state index is 0.00176. The van der Waals surface area contributed by atoms with Crippen molar-refractivity contribution in [1.82, 2.24) is 5.32 Å². The van der Waals surface area contributed by atoms with Crippen LogP contribution < -0.4 is 5.32 Å². The molecule has 1 fully saturated rings. The van der Waals surface area contributed by atoms with Crippen molar-refractivity contribution in [2.45, 2.75) is 33.1 Å². The van der Waals surface area contributed by atoms with Crippen molar-refractivity contribution in [3.05, 3.63) is 40.5 Å². The Labute approximate surface area is 119 Å². The van der Waals surface area contributed by atoms with Crippen LogP contribution in [0.1, 0.15) is 38.7 Å². The molecule has 19 heavy (non-hydrogen) atoms. The molecule has 102 valence electrons. The van der Waals surface area contributed by atoms with Gasteiger partial charge in [0.05, 0.1) is 0 Å². The maximum atomic E-state index is 12.5. The van der Waals surface area contributed by atoms with Crippen LogP contribution in [0.3, 0.4) is 0 Å². The number of carbonyl (C=O) groups excluding carboxylic acids is 1. The number of carbonyl (C=O) groups is 1. The standard InChI is InChI=1S/C16H20ClNO/c1-11(2)16(19)15(14-5-3-4-10-18-14)12-6-8-13(17)9-7-12/h6-9,11,18H,3-5,10H2,1-2H3/b15-14-. The first-order valence-electron chi connectivity index (χ1n) is 6.86. The van der Waals surface area contributed by atoms with E-state index in [1.807, 2.05) is 38.1 Å². The van der Waals surface area contributed by atoms with Crippen LogP contribution in [0.5, 0.6) is 0 Å². The summed E-state index contributed by atoms with van der Waals surface area (Å²) in [5.41, 5.74) is 2.89. The number of hydrogen-bond acceptors (Lipinski definition) is 2. The van der Waals surface area contributed by atoms with Gasteiger partial charge >= 0.3 is 0 Å². The van der Waals surface area contributed by atoms with Crippen molar-refractivity contribution in [1.29, 1.82) is 0 Å². The lowest BCUT2D eigenvalue weighted by molar-refractivity contribution is -0.116. The number of benzene rings is 1. The molecule has 1 N–H and O–H groups in total. The Morgan fingerprint density at radius 2 is 1.89 bits per heavy atom. The van der Waals surface area contributed by atoms with E-state index in [9.17, 15) is 4.79 Å². The second-order valence-corrected chi connectivity index (χ2v) is 5.70. The van der Waals surface area contributed by atoms with E-state index in [2.05, 4.69) is 5.32 Å². The van der Waals surface area contributed by atoms with Gasteiger partial charge in [0.15, 0.2) is 5.78 Å². The van der Waals surface area contributed by atoms with Gasteiger partial charge in [0, 0.05) is 28.8 Å². The van der Waals surface area contributed by atoms with Crippen molar-refractivity contribution in [3.8, 4) is 0 Å². The van der Waals surface area contributed by atoms with E-state index in [1.165, 1.54) is 6.42 Å². The van der Waals surface area contributed by atoms with Gasteiger partial charge in [-0.2, -0.15) is 0 Å². The molecule has 1 saturated heterocycles. The van der Waals surface area contributed by atoms with Crippen LogP contribution in [0.2, 0.25) is 5.02 Å². The summed E-state index contributed by atoms with van der Waals surface area (Å²) < 4.78 is 0. The molecule has 1 aliphatic rings. The highest BCUT2D eigenvalue weighted by Gasteiger charge is 2.21. The number of piperidine rings is 1. The number of Topliss-reactive ketones (excluding diaryl/α,β-unsaturated/α-hetero) is 1. The third kappa shape index (κ3) is 3.38. The topological polar surface area (TPSA) is 29.1 Å². The molecule has 0 spiro atoms. The summed E-state index contributed by atoms with van der Waals surface area (Å²) in [5.74, 6) is 0.202. The average Bonchev–Trinajstić information content (AvgIpc) is 2.42. The monoisotopic (exact) mass is 277 g/mol. The van der Waals surface area contributed by atoms with Gasteiger partial charge in [-0.3, -0.25) is 4.79 Å². The van der Waals surface area contributed by atoms with Crippen molar-refractivity contribution in [3.63, 3.8) is 0 Å². The highest BCUT2D eigenvalue weighted by molar-refractivity contribution is 6.30. The summed E-state index contributed by atoms with van der Waals surface area (Å²) in [7, 11) is 0. The Morgan fingerprint density at radius 3 is 2.42 bits per heavy atom. The lowest BCUT2D eigenvalue weighted by atomic mass is 9.90. The maximum Gasteiger partial charge on any atom is 0.167 e. The largest absolute Gasteiger partial charge is 0.388 e. The molecule has 1 aromatic rings. The molecule has 0 unspecified atom stereocenters. The van der Waals surface area contributed by atoms with E-state index >= 15 is 0 Å². The quantitative estimate of drug-likeness (QED) is 0.845. The molecule has 0 bridgehead atoms. The second kappa shape index (κ2) is 6.25. The fourth-order valence-corrected chi connectivity index (χ4v) is 2.46. The number of ketones is 1. The summed E-state index contributed by atoms with van der Waals surface area (Å²) in [5, 5.41) is 4.09. The van der Waals surface area contributed by atoms with E-state index in [0.717, 1.165) is 36.2 Å². The number of allylic oxidation sites excluding steroid dienone is 2. The molecule has 3 heteroatoms. The third-order valence-electron chi connectivity index (χ3n) is 3.40. The fraction of sp³-hybridized carbons (Fsp3) is 0.438. The Morgan fingerprint density at radius 1 is 1.21 bits per heavy atom. The molecule has 0 amide bonds. The molecule has 1 aliphatic heterocycles. The van der Waals surface area contributed by atoms with Crippen molar-refractivity contribution >= 4 is 23.0 Å². The van der Waals surface area contributed by atoms with Gasteiger partial charge in [0.1, 0.15) is 0 Å². The van der Waals surface area contributed by atoms with E-state index in [1.54, 1.807) is 0 Å². The maximum absolute atomic E-state index is 12.5. The van der Waals surface area contributed by atoms with Crippen molar-refractivity contribution in [2.75, 3.05) is 6.54 Å². The molecule has 0 aromatic heterocycles. The fourth-order valence-electron chi connectivity index (χ4n) is 2.34. The number of halogens is 1. The third-order valence-corrected chi connectivity index (χ3v) is 3.65. The molecular formula is C16H20ClNO. The zero-order chi connectivity index (χ0) is 13.8. The van der Waals surface area contributed by atoms with Gasteiger partial charge in [0.2, 0.25) is 0 Å². The van der Waals surface area contributed by atoms with Crippen LogP contribution >= 0.6 is 11.6 Å². The SMILES string of the molecule is CC(C)C(=O)/C(=C1/CCCCN1)c1ccc(Cl)cc1. The van der Waals surface area contributed by atoms with Crippen LogP contribution in [0.25, 0.3) is 5.57 Å². The predicted molar refractivity (Wildman–Crippen MR) is 80.1 cm³/mol. The molecule has 0 atom stereocenters. The Bertz CT molecular complexity index is 480. The van der Waals surface area contributed by atoms with Crippen LogP contribution in [0, 0.1) is 5.92 Å². The van der Waals surface area contributed by atoms with Gasteiger partial charge in [-0.1, -0.05) is 37.6 Å². The average molecular weight is 278 g/mol. The molecule has 0 aliphatic carbocycles. The lowest BCUT2D eigenvalue weighted by Gasteiger charge is -2.22. The molecule has 2 nitrogen and oxygen atoms in total. The summed E-state index contributed by atoms with van der Waals surface area (Å²) >= 11 is 5.93.